The lowest BCUT2D eigenvalue weighted by molar-refractivity contribution is 0.0952. The van der Waals surface area contributed by atoms with Crippen LogP contribution in [0.2, 0.25) is 5.22 Å². The Hall–Kier alpha value is -2.12. The molecule has 0 saturated carbocycles. The van der Waals surface area contributed by atoms with Crippen molar-refractivity contribution in [2.45, 2.75) is 5.92 Å². The molecular weight excluding hydrogens is 240 g/mol. The van der Waals surface area contributed by atoms with Crippen LogP contribution in [0.4, 0.5) is 0 Å². The summed E-state index contributed by atoms with van der Waals surface area (Å²) in [5.74, 6) is -1.23. The first kappa shape index (κ1) is 11.4. The maximum atomic E-state index is 12.0. The Bertz CT molecular complexity index is 572. The number of pyridine rings is 1. The predicted octanol–water partition coefficient (Wildman–Crippen LogP) is 2.82. The van der Waals surface area contributed by atoms with Gasteiger partial charge in [0.15, 0.2) is 11.0 Å². The van der Waals surface area contributed by atoms with E-state index in [1.54, 1.807) is 12.1 Å². The number of carbonyl (C=O) groups is 1. The first-order chi connectivity index (χ1) is 8.22. The van der Waals surface area contributed by atoms with E-state index in [1.807, 2.05) is 6.07 Å². The van der Waals surface area contributed by atoms with E-state index in [0.29, 0.717) is 5.56 Å². The van der Waals surface area contributed by atoms with Crippen molar-refractivity contribution in [1.29, 1.82) is 5.26 Å². The van der Waals surface area contributed by atoms with Gasteiger partial charge in [-0.2, -0.15) is 5.26 Å². The Labute approximate surface area is 102 Å². The summed E-state index contributed by atoms with van der Waals surface area (Å²) >= 11 is 5.59. The largest absolute Gasteiger partial charge is 0.442 e. The lowest BCUT2D eigenvalue weighted by Crippen LogP contribution is -2.10. The highest BCUT2D eigenvalue weighted by atomic mass is 35.5. The Morgan fingerprint density at radius 1 is 1.35 bits per heavy atom. The molecule has 0 radical (unpaired) electrons. The average Bonchev–Trinajstić information content (AvgIpc) is 2.78. The fourth-order valence-corrected chi connectivity index (χ4v) is 1.58. The molecular formula is C12H7ClN2O2. The van der Waals surface area contributed by atoms with Crippen molar-refractivity contribution < 1.29 is 9.21 Å². The molecule has 84 valence electrons. The van der Waals surface area contributed by atoms with Crippen molar-refractivity contribution in [1.82, 2.24) is 4.98 Å². The van der Waals surface area contributed by atoms with Crippen LogP contribution in [0.5, 0.6) is 0 Å². The topological polar surface area (TPSA) is 66.9 Å². The molecule has 0 fully saturated rings. The molecule has 17 heavy (non-hydrogen) atoms. The van der Waals surface area contributed by atoms with Gasteiger partial charge < -0.3 is 4.42 Å². The molecule has 2 aromatic rings. The van der Waals surface area contributed by atoms with Crippen molar-refractivity contribution in [3.8, 4) is 6.07 Å². The number of nitriles is 1. The van der Waals surface area contributed by atoms with Crippen molar-refractivity contribution in [3.63, 3.8) is 0 Å². The lowest BCUT2D eigenvalue weighted by Gasteiger charge is -2.05. The Morgan fingerprint density at radius 2 is 2.06 bits per heavy atom. The van der Waals surface area contributed by atoms with Gasteiger partial charge in [-0.05, 0) is 41.4 Å². The molecule has 2 rings (SSSR count). The van der Waals surface area contributed by atoms with Crippen LogP contribution in [0, 0.1) is 11.3 Å². The Balaban J connectivity index is 2.32. The van der Waals surface area contributed by atoms with E-state index in [9.17, 15) is 4.79 Å². The van der Waals surface area contributed by atoms with Crippen LogP contribution in [0.3, 0.4) is 0 Å². The van der Waals surface area contributed by atoms with Crippen LogP contribution in [0.25, 0.3) is 0 Å². The van der Waals surface area contributed by atoms with Gasteiger partial charge in [0.1, 0.15) is 5.92 Å². The number of hydrogen-bond donors (Lipinski definition) is 0. The van der Waals surface area contributed by atoms with Crippen LogP contribution >= 0.6 is 11.6 Å². The van der Waals surface area contributed by atoms with Crippen molar-refractivity contribution in [2.24, 2.45) is 0 Å². The van der Waals surface area contributed by atoms with Crippen LogP contribution in [0.1, 0.15) is 22.0 Å². The second-order valence-electron chi connectivity index (χ2n) is 3.31. The highest BCUT2D eigenvalue weighted by molar-refractivity contribution is 6.29. The Kier molecular flexibility index (Phi) is 3.22. The summed E-state index contributed by atoms with van der Waals surface area (Å²) in [7, 11) is 0. The molecule has 4 nitrogen and oxygen atoms in total. The van der Waals surface area contributed by atoms with Gasteiger partial charge in [0.25, 0.3) is 0 Å². The van der Waals surface area contributed by atoms with Gasteiger partial charge in [-0.15, -0.1) is 0 Å². The molecule has 0 aromatic carbocycles. The third-order valence-corrected chi connectivity index (χ3v) is 2.45. The number of furan rings is 1. The van der Waals surface area contributed by atoms with Gasteiger partial charge in [0.2, 0.25) is 5.78 Å². The molecule has 0 saturated heterocycles. The van der Waals surface area contributed by atoms with Crippen molar-refractivity contribution in [3.05, 3.63) is 53.2 Å². The fourth-order valence-electron chi connectivity index (χ4n) is 1.43. The SMILES string of the molecule is N#CC(C(=O)c1ccc(Cl)o1)c1ccncc1. The highest BCUT2D eigenvalue weighted by Crippen LogP contribution is 2.22. The first-order valence-electron chi connectivity index (χ1n) is 4.81. The van der Waals surface area contributed by atoms with Gasteiger partial charge in [0, 0.05) is 12.4 Å². The summed E-state index contributed by atoms with van der Waals surface area (Å²) in [6, 6.07) is 8.11. The molecule has 1 unspecified atom stereocenters. The van der Waals surface area contributed by atoms with Gasteiger partial charge in [-0.1, -0.05) is 0 Å². The molecule has 2 aromatic heterocycles. The first-order valence-corrected chi connectivity index (χ1v) is 5.19. The van der Waals surface area contributed by atoms with E-state index in [-0.39, 0.29) is 11.0 Å². The quantitative estimate of drug-likeness (QED) is 0.781. The molecule has 5 heteroatoms. The molecule has 0 aliphatic heterocycles. The summed E-state index contributed by atoms with van der Waals surface area (Å²) in [4.78, 5) is 15.8. The minimum Gasteiger partial charge on any atom is -0.442 e. The normalized spacial score (nSPS) is 11.8. The van der Waals surface area contributed by atoms with Crippen LogP contribution in [0.15, 0.2) is 41.1 Å². The van der Waals surface area contributed by atoms with E-state index in [4.69, 9.17) is 21.3 Å². The van der Waals surface area contributed by atoms with Crippen LogP contribution < -0.4 is 0 Å². The molecule has 0 bridgehead atoms. The number of halogens is 1. The minimum atomic E-state index is -0.903. The molecule has 0 aliphatic rings. The van der Waals surface area contributed by atoms with Crippen molar-refractivity contribution in [2.75, 3.05) is 0 Å². The summed E-state index contributed by atoms with van der Waals surface area (Å²) in [5.41, 5.74) is 0.583. The monoisotopic (exact) mass is 246 g/mol. The standard InChI is InChI=1S/C12H7ClN2O2/c13-11-2-1-10(17-11)12(16)9(7-14)8-3-5-15-6-4-8/h1-6,9H. The molecule has 0 aliphatic carbocycles. The number of Topliss-reactive ketones (excluding diaryl/α,β-unsaturated/α-hetero) is 1. The van der Waals surface area contributed by atoms with Crippen molar-refractivity contribution >= 4 is 17.4 Å². The number of rotatable bonds is 3. The van der Waals surface area contributed by atoms with E-state index < -0.39 is 11.7 Å². The van der Waals surface area contributed by atoms with Gasteiger partial charge >= 0.3 is 0 Å². The highest BCUT2D eigenvalue weighted by Gasteiger charge is 2.24. The molecule has 0 N–H and O–H groups in total. The summed E-state index contributed by atoms with van der Waals surface area (Å²) in [6.45, 7) is 0. The van der Waals surface area contributed by atoms with Gasteiger partial charge in [-0.3, -0.25) is 9.78 Å². The molecule has 1 atom stereocenters. The minimum absolute atomic E-state index is 0.0818. The van der Waals surface area contributed by atoms with Crippen LogP contribution in [-0.2, 0) is 0 Å². The zero-order valence-corrected chi connectivity index (χ0v) is 9.39. The molecule has 2 heterocycles. The molecule has 0 spiro atoms. The average molecular weight is 247 g/mol. The molecule has 0 amide bonds. The second-order valence-corrected chi connectivity index (χ2v) is 3.68. The fraction of sp³-hybridized carbons (Fsp3) is 0.0833. The van der Waals surface area contributed by atoms with E-state index >= 15 is 0 Å². The third kappa shape index (κ3) is 2.35. The number of aromatic nitrogens is 1. The van der Waals surface area contributed by atoms with Gasteiger partial charge in [-0.25, -0.2) is 0 Å². The smallest absolute Gasteiger partial charge is 0.219 e. The van der Waals surface area contributed by atoms with Crippen LogP contribution in [-0.4, -0.2) is 10.8 Å². The summed E-state index contributed by atoms with van der Waals surface area (Å²) in [5, 5.41) is 9.18. The maximum Gasteiger partial charge on any atom is 0.219 e. The van der Waals surface area contributed by atoms with E-state index in [2.05, 4.69) is 4.98 Å². The van der Waals surface area contributed by atoms with E-state index in [1.165, 1.54) is 24.5 Å². The number of nitrogens with zero attached hydrogens (tertiary/aromatic N) is 2. The predicted molar refractivity (Wildman–Crippen MR) is 60.6 cm³/mol. The van der Waals surface area contributed by atoms with E-state index in [0.717, 1.165) is 0 Å². The zero-order chi connectivity index (χ0) is 12.3. The van der Waals surface area contributed by atoms with Gasteiger partial charge in [0.05, 0.1) is 6.07 Å². The Morgan fingerprint density at radius 3 is 2.59 bits per heavy atom. The third-order valence-electron chi connectivity index (χ3n) is 2.25. The number of ketones is 1. The second kappa shape index (κ2) is 4.81. The summed E-state index contributed by atoms with van der Waals surface area (Å²) in [6.07, 6.45) is 3.06. The number of carbonyl (C=O) groups excluding carboxylic acids is 1. The maximum absolute atomic E-state index is 12.0. The zero-order valence-electron chi connectivity index (χ0n) is 8.63. The lowest BCUT2D eigenvalue weighted by atomic mass is 9.96. The number of hydrogen-bond acceptors (Lipinski definition) is 4. The summed E-state index contributed by atoms with van der Waals surface area (Å²) < 4.78 is 5.00.